The number of hydrogen-bond donors (Lipinski definition) is 0. The number of carbonyl (C=O) groups is 3. The van der Waals surface area contributed by atoms with Crippen LogP contribution in [0.1, 0.15) is 49.0 Å². The third-order valence-electron chi connectivity index (χ3n) is 6.40. The molecule has 2 bridgehead atoms. The highest BCUT2D eigenvalue weighted by atomic mass is 79.9. The van der Waals surface area contributed by atoms with Crippen LogP contribution in [-0.4, -0.2) is 55.4 Å². The largest absolute Gasteiger partial charge is 0.331 e. The number of piperidine rings is 1. The fourth-order valence-corrected chi connectivity index (χ4v) is 5.59. The third-order valence-corrected chi connectivity index (χ3v) is 6.89. The van der Waals surface area contributed by atoms with Gasteiger partial charge in [0, 0.05) is 47.9 Å². The zero-order valence-electron chi connectivity index (χ0n) is 15.6. The summed E-state index contributed by atoms with van der Waals surface area (Å²) in [5.74, 6) is -0.118. The fourth-order valence-electron chi connectivity index (χ4n) is 5.24. The van der Waals surface area contributed by atoms with Crippen molar-refractivity contribution in [3.8, 4) is 0 Å². The molecule has 2 atom stereocenters. The van der Waals surface area contributed by atoms with Crippen LogP contribution in [0.5, 0.6) is 0 Å². The summed E-state index contributed by atoms with van der Waals surface area (Å²) >= 11 is 3.45. The maximum Gasteiger partial charge on any atom is 0.273 e. The van der Waals surface area contributed by atoms with Crippen molar-refractivity contribution in [2.45, 2.75) is 56.7 Å². The number of fused-ring (bicyclic) bond motifs is 3. The van der Waals surface area contributed by atoms with E-state index < -0.39 is 0 Å². The molecule has 3 saturated heterocycles. The molecule has 0 aliphatic carbocycles. The number of rotatable bonds is 2. The van der Waals surface area contributed by atoms with Gasteiger partial charge >= 0.3 is 0 Å². The number of carbonyl (C=O) groups excluding carboxylic acids is 3. The number of aromatic nitrogens is 2. The van der Waals surface area contributed by atoms with Crippen molar-refractivity contribution in [1.29, 1.82) is 0 Å². The molecule has 3 fully saturated rings. The average molecular weight is 445 g/mol. The van der Waals surface area contributed by atoms with Crippen molar-refractivity contribution >= 4 is 44.6 Å². The summed E-state index contributed by atoms with van der Waals surface area (Å²) in [7, 11) is 1.80. The van der Waals surface area contributed by atoms with Crippen molar-refractivity contribution < 1.29 is 14.4 Å². The average Bonchev–Trinajstić information content (AvgIpc) is 3.25. The first-order valence-corrected chi connectivity index (χ1v) is 10.5. The molecule has 5 rings (SSSR count). The Hall–Kier alpha value is -2.22. The number of likely N-dealkylation sites (tertiary alicyclic amines) is 1. The lowest BCUT2D eigenvalue weighted by atomic mass is 9.95. The molecule has 4 heterocycles. The zero-order chi connectivity index (χ0) is 19.6. The van der Waals surface area contributed by atoms with E-state index >= 15 is 0 Å². The van der Waals surface area contributed by atoms with Crippen LogP contribution in [0.25, 0.3) is 10.9 Å². The van der Waals surface area contributed by atoms with Gasteiger partial charge in [-0.25, -0.2) is 0 Å². The molecule has 1 aromatic heterocycles. The van der Waals surface area contributed by atoms with Crippen LogP contribution in [0.2, 0.25) is 0 Å². The van der Waals surface area contributed by atoms with Crippen molar-refractivity contribution in [2.75, 3.05) is 0 Å². The minimum absolute atomic E-state index is 0.00246. The van der Waals surface area contributed by atoms with E-state index in [0.717, 1.165) is 28.2 Å². The second-order valence-corrected chi connectivity index (χ2v) is 8.93. The van der Waals surface area contributed by atoms with Crippen molar-refractivity contribution in [1.82, 2.24) is 19.6 Å². The van der Waals surface area contributed by atoms with E-state index in [4.69, 9.17) is 0 Å². The van der Waals surface area contributed by atoms with Crippen molar-refractivity contribution in [3.05, 3.63) is 28.4 Å². The van der Waals surface area contributed by atoms with Gasteiger partial charge in [0.1, 0.15) is 5.69 Å². The minimum Gasteiger partial charge on any atom is -0.331 e. The van der Waals surface area contributed by atoms with Crippen LogP contribution >= 0.6 is 15.9 Å². The summed E-state index contributed by atoms with van der Waals surface area (Å²) in [6.07, 6.45) is 3.85. The van der Waals surface area contributed by atoms with Gasteiger partial charge in [0.25, 0.3) is 5.91 Å². The number of benzene rings is 1. The molecular weight excluding hydrogens is 424 g/mol. The number of imide groups is 1. The highest BCUT2D eigenvalue weighted by Gasteiger charge is 2.48. The molecule has 2 unspecified atom stereocenters. The number of nitrogens with zero attached hydrogens (tertiary/aromatic N) is 4. The van der Waals surface area contributed by atoms with Crippen LogP contribution in [-0.2, 0) is 16.6 Å². The van der Waals surface area contributed by atoms with E-state index in [2.05, 4.69) is 21.0 Å². The maximum atomic E-state index is 13.5. The smallest absolute Gasteiger partial charge is 0.273 e. The van der Waals surface area contributed by atoms with Crippen LogP contribution in [0, 0.1) is 0 Å². The molecule has 0 radical (unpaired) electrons. The van der Waals surface area contributed by atoms with E-state index in [1.807, 2.05) is 23.1 Å². The van der Waals surface area contributed by atoms with Gasteiger partial charge in [-0.3, -0.25) is 24.0 Å². The second-order valence-electron chi connectivity index (χ2n) is 8.01. The third kappa shape index (κ3) is 2.61. The predicted octanol–water partition coefficient (Wildman–Crippen LogP) is 2.62. The molecule has 28 heavy (non-hydrogen) atoms. The Morgan fingerprint density at radius 3 is 2.36 bits per heavy atom. The Morgan fingerprint density at radius 1 is 1.07 bits per heavy atom. The number of halogens is 1. The summed E-state index contributed by atoms with van der Waals surface area (Å²) in [4.78, 5) is 41.3. The first-order valence-electron chi connectivity index (χ1n) is 9.74. The summed E-state index contributed by atoms with van der Waals surface area (Å²) in [6.45, 7) is 0. The van der Waals surface area contributed by atoms with Gasteiger partial charge in [-0.1, -0.05) is 15.9 Å². The maximum absolute atomic E-state index is 13.5. The highest BCUT2D eigenvalue weighted by molar-refractivity contribution is 9.10. The predicted molar refractivity (Wildman–Crippen MR) is 106 cm³/mol. The van der Waals surface area contributed by atoms with E-state index in [1.165, 1.54) is 4.90 Å². The molecule has 3 aliphatic rings. The first-order chi connectivity index (χ1) is 13.4. The van der Waals surface area contributed by atoms with E-state index in [9.17, 15) is 14.4 Å². The first kappa shape index (κ1) is 17.8. The summed E-state index contributed by atoms with van der Waals surface area (Å²) in [5.41, 5.74) is 1.39. The van der Waals surface area contributed by atoms with Gasteiger partial charge in [0.05, 0.1) is 5.52 Å². The summed E-state index contributed by atoms with van der Waals surface area (Å²) < 4.78 is 2.59. The van der Waals surface area contributed by atoms with Gasteiger partial charge in [-0.05, 0) is 43.9 Å². The van der Waals surface area contributed by atoms with E-state index in [-0.39, 0.29) is 35.8 Å². The molecule has 1 aromatic carbocycles. The van der Waals surface area contributed by atoms with Gasteiger partial charge in [-0.15, -0.1) is 0 Å². The van der Waals surface area contributed by atoms with Crippen LogP contribution in [0.3, 0.4) is 0 Å². The SMILES string of the molecule is Cn1nc2cc(Br)ccc2c1C(=O)N1C2CCC1CC(N1C(=O)CCC1=O)C2. The van der Waals surface area contributed by atoms with Crippen molar-refractivity contribution in [2.24, 2.45) is 7.05 Å². The van der Waals surface area contributed by atoms with Crippen LogP contribution < -0.4 is 0 Å². The topological polar surface area (TPSA) is 75.5 Å². The number of amides is 3. The quantitative estimate of drug-likeness (QED) is 0.667. The highest BCUT2D eigenvalue weighted by Crippen LogP contribution is 2.40. The standard InChI is InChI=1S/C20H21BrN4O3/c1-23-19(15-5-2-11(21)8-16(15)22-23)20(28)24-12-3-4-13(24)10-14(9-12)25-17(26)6-7-18(25)27/h2,5,8,12-14H,3-4,6-7,9-10H2,1H3. The molecule has 0 N–H and O–H groups in total. The van der Waals surface area contributed by atoms with Gasteiger partial charge < -0.3 is 4.90 Å². The van der Waals surface area contributed by atoms with Gasteiger partial charge in [0.15, 0.2) is 0 Å². The van der Waals surface area contributed by atoms with Crippen LogP contribution in [0.4, 0.5) is 0 Å². The summed E-state index contributed by atoms with van der Waals surface area (Å²) in [6, 6.07) is 5.83. The molecule has 7 nitrogen and oxygen atoms in total. The Morgan fingerprint density at radius 2 is 1.71 bits per heavy atom. The van der Waals surface area contributed by atoms with Crippen molar-refractivity contribution in [3.63, 3.8) is 0 Å². The van der Waals surface area contributed by atoms with Gasteiger partial charge in [0.2, 0.25) is 11.8 Å². The Labute approximate surface area is 170 Å². The Kier molecular flexibility index (Phi) is 4.08. The number of aryl methyl sites for hydroxylation is 1. The Bertz CT molecular complexity index is 986. The summed E-state index contributed by atoms with van der Waals surface area (Å²) in [5, 5.41) is 5.35. The van der Waals surface area contributed by atoms with E-state index in [1.54, 1.807) is 11.7 Å². The zero-order valence-corrected chi connectivity index (χ0v) is 17.2. The van der Waals surface area contributed by atoms with E-state index in [0.29, 0.717) is 31.4 Å². The fraction of sp³-hybridized carbons (Fsp3) is 0.500. The lowest BCUT2D eigenvalue weighted by Gasteiger charge is -2.41. The van der Waals surface area contributed by atoms with Gasteiger partial charge in [-0.2, -0.15) is 5.10 Å². The van der Waals surface area contributed by atoms with Crippen LogP contribution in [0.15, 0.2) is 22.7 Å². The molecule has 2 aromatic rings. The normalized spacial score (nSPS) is 27.3. The molecule has 3 amide bonds. The lowest BCUT2D eigenvalue weighted by Crippen LogP contribution is -2.53. The molecule has 3 aliphatic heterocycles. The molecular formula is C20H21BrN4O3. The monoisotopic (exact) mass is 444 g/mol. The minimum atomic E-state index is -0.0664. The molecule has 0 saturated carbocycles. The second kappa shape index (κ2) is 6.40. The Balaban J connectivity index is 1.44. The molecule has 0 spiro atoms. The number of hydrogen-bond acceptors (Lipinski definition) is 4. The molecule has 8 heteroatoms. The lowest BCUT2D eigenvalue weighted by molar-refractivity contribution is -0.142. The molecule has 146 valence electrons.